The van der Waals surface area contributed by atoms with E-state index in [-0.39, 0.29) is 12.0 Å². The molecule has 2 rings (SSSR count). The molecule has 98 valence electrons. The highest BCUT2D eigenvalue weighted by Crippen LogP contribution is 2.32. The van der Waals surface area contributed by atoms with Crippen LogP contribution in [0.3, 0.4) is 0 Å². The lowest BCUT2D eigenvalue weighted by Gasteiger charge is -2.21. The Morgan fingerprint density at radius 2 is 2.39 bits per heavy atom. The van der Waals surface area contributed by atoms with Gasteiger partial charge in [0.25, 0.3) is 0 Å². The summed E-state index contributed by atoms with van der Waals surface area (Å²) in [4.78, 5) is 11.1. The molecular weight excluding hydrogens is 230 g/mol. The molecule has 0 spiro atoms. The second kappa shape index (κ2) is 5.87. The smallest absolute Gasteiger partial charge is 0.223 e. The van der Waals surface area contributed by atoms with E-state index >= 15 is 0 Å². The van der Waals surface area contributed by atoms with Crippen LogP contribution in [0.5, 0.6) is 5.75 Å². The molecular formula is C14H19NO3. The molecule has 1 atom stereocenters. The van der Waals surface area contributed by atoms with Crippen LogP contribution in [0.15, 0.2) is 18.2 Å². The standard InChI is InChI=1S/C14H19NO3/c1-15-14(17)7-8-18-11-6-5-10-3-2-4-13(16)12(10)9-11/h5-6,9,13,16H,2-4,7-8H2,1H3,(H,15,17). The zero-order valence-electron chi connectivity index (χ0n) is 10.6. The lowest BCUT2D eigenvalue weighted by molar-refractivity contribution is -0.121. The third kappa shape index (κ3) is 3.01. The van der Waals surface area contributed by atoms with Crippen LogP contribution in [-0.2, 0) is 11.2 Å². The number of hydrogen-bond acceptors (Lipinski definition) is 3. The molecule has 1 unspecified atom stereocenters. The van der Waals surface area contributed by atoms with Crippen molar-refractivity contribution >= 4 is 5.91 Å². The Hall–Kier alpha value is -1.55. The molecule has 0 bridgehead atoms. The maximum atomic E-state index is 11.1. The fraction of sp³-hybridized carbons (Fsp3) is 0.500. The number of rotatable bonds is 4. The maximum Gasteiger partial charge on any atom is 0.223 e. The van der Waals surface area contributed by atoms with Gasteiger partial charge in [0.2, 0.25) is 5.91 Å². The van der Waals surface area contributed by atoms with Crippen LogP contribution in [-0.4, -0.2) is 24.7 Å². The number of nitrogens with one attached hydrogen (secondary N) is 1. The molecule has 0 saturated heterocycles. The number of aliphatic hydroxyl groups is 1. The molecule has 0 aromatic heterocycles. The van der Waals surface area contributed by atoms with Gasteiger partial charge < -0.3 is 15.2 Å². The molecule has 4 heteroatoms. The topological polar surface area (TPSA) is 58.6 Å². The first-order valence-electron chi connectivity index (χ1n) is 6.35. The van der Waals surface area contributed by atoms with Crippen LogP contribution < -0.4 is 10.1 Å². The fourth-order valence-electron chi connectivity index (χ4n) is 2.23. The highest BCUT2D eigenvalue weighted by atomic mass is 16.5. The summed E-state index contributed by atoms with van der Waals surface area (Å²) in [5.41, 5.74) is 2.17. The lowest BCUT2D eigenvalue weighted by atomic mass is 9.89. The van der Waals surface area contributed by atoms with Crippen LogP contribution in [0, 0.1) is 0 Å². The summed E-state index contributed by atoms with van der Waals surface area (Å²) in [5.74, 6) is 0.687. The van der Waals surface area contributed by atoms with Gasteiger partial charge in [-0.25, -0.2) is 0 Å². The summed E-state index contributed by atoms with van der Waals surface area (Å²) in [5, 5.41) is 12.5. The molecule has 1 aliphatic rings. The zero-order valence-corrected chi connectivity index (χ0v) is 10.6. The van der Waals surface area contributed by atoms with Crippen molar-refractivity contribution in [2.24, 2.45) is 0 Å². The second-order valence-corrected chi connectivity index (χ2v) is 4.54. The van der Waals surface area contributed by atoms with E-state index in [1.807, 2.05) is 18.2 Å². The van der Waals surface area contributed by atoms with E-state index in [1.165, 1.54) is 5.56 Å². The van der Waals surface area contributed by atoms with Crippen LogP contribution in [0.4, 0.5) is 0 Å². The normalized spacial score (nSPS) is 18.0. The van der Waals surface area contributed by atoms with Gasteiger partial charge in [-0.05, 0) is 42.5 Å². The average Bonchev–Trinajstić information content (AvgIpc) is 2.39. The van der Waals surface area contributed by atoms with Crippen molar-refractivity contribution in [1.29, 1.82) is 0 Å². The van der Waals surface area contributed by atoms with Crippen LogP contribution in [0.1, 0.15) is 36.5 Å². The van der Waals surface area contributed by atoms with Gasteiger partial charge >= 0.3 is 0 Å². The third-order valence-corrected chi connectivity index (χ3v) is 3.28. The minimum absolute atomic E-state index is 0.0343. The Balaban J connectivity index is 1.98. The first kappa shape index (κ1) is 12.9. The van der Waals surface area contributed by atoms with Crippen molar-refractivity contribution < 1.29 is 14.6 Å². The number of carbonyl (C=O) groups is 1. The number of amides is 1. The number of aliphatic hydroxyl groups excluding tert-OH is 1. The first-order chi connectivity index (χ1) is 8.70. The molecule has 0 saturated carbocycles. The number of benzene rings is 1. The predicted octanol–water partition coefficient (Wildman–Crippen LogP) is 1.57. The third-order valence-electron chi connectivity index (χ3n) is 3.28. The van der Waals surface area contributed by atoms with Gasteiger partial charge in [0.1, 0.15) is 5.75 Å². The summed E-state index contributed by atoms with van der Waals surface area (Å²) in [7, 11) is 1.61. The lowest BCUT2D eigenvalue weighted by Crippen LogP contribution is -2.20. The Morgan fingerprint density at radius 1 is 1.56 bits per heavy atom. The van der Waals surface area contributed by atoms with E-state index < -0.39 is 0 Å². The number of carbonyl (C=O) groups excluding carboxylic acids is 1. The Morgan fingerprint density at radius 3 is 3.17 bits per heavy atom. The molecule has 0 aliphatic heterocycles. The quantitative estimate of drug-likeness (QED) is 0.851. The van der Waals surface area contributed by atoms with Crippen molar-refractivity contribution in [3.63, 3.8) is 0 Å². The SMILES string of the molecule is CNC(=O)CCOc1ccc2c(c1)C(O)CCC2. The Bertz CT molecular complexity index is 431. The Labute approximate surface area is 107 Å². The van der Waals surface area contributed by atoms with E-state index in [1.54, 1.807) is 7.05 Å². The molecule has 0 radical (unpaired) electrons. The van der Waals surface area contributed by atoms with Gasteiger partial charge in [0.05, 0.1) is 19.1 Å². The fourth-order valence-corrected chi connectivity index (χ4v) is 2.23. The largest absolute Gasteiger partial charge is 0.493 e. The van der Waals surface area contributed by atoms with Crippen molar-refractivity contribution in [1.82, 2.24) is 5.32 Å². The Kier molecular flexibility index (Phi) is 4.20. The molecule has 0 fully saturated rings. The highest BCUT2D eigenvalue weighted by molar-refractivity contribution is 5.75. The van der Waals surface area contributed by atoms with Gasteiger partial charge in [0, 0.05) is 7.05 Å². The summed E-state index contributed by atoms with van der Waals surface area (Å²) in [6, 6.07) is 5.80. The second-order valence-electron chi connectivity index (χ2n) is 4.54. The van der Waals surface area contributed by atoms with Gasteiger partial charge in [-0.1, -0.05) is 6.07 Å². The van der Waals surface area contributed by atoms with Crippen LogP contribution in [0.25, 0.3) is 0 Å². The van der Waals surface area contributed by atoms with E-state index in [0.717, 1.165) is 30.6 Å². The average molecular weight is 249 g/mol. The van der Waals surface area contributed by atoms with E-state index in [2.05, 4.69) is 5.32 Å². The first-order valence-corrected chi connectivity index (χ1v) is 6.35. The predicted molar refractivity (Wildman–Crippen MR) is 68.5 cm³/mol. The monoisotopic (exact) mass is 249 g/mol. The van der Waals surface area contributed by atoms with Gasteiger partial charge in [0.15, 0.2) is 0 Å². The minimum atomic E-state index is -0.378. The molecule has 0 heterocycles. The van der Waals surface area contributed by atoms with Crippen LogP contribution >= 0.6 is 0 Å². The molecule has 18 heavy (non-hydrogen) atoms. The molecule has 1 aromatic rings. The zero-order chi connectivity index (χ0) is 13.0. The minimum Gasteiger partial charge on any atom is -0.493 e. The van der Waals surface area contributed by atoms with Gasteiger partial charge in [-0.3, -0.25) is 4.79 Å². The summed E-state index contributed by atoms with van der Waals surface area (Å²) >= 11 is 0. The van der Waals surface area contributed by atoms with E-state index in [9.17, 15) is 9.90 Å². The highest BCUT2D eigenvalue weighted by Gasteiger charge is 2.18. The van der Waals surface area contributed by atoms with E-state index in [0.29, 0.717) is 13.0 Å². The van der Waals surface area contributed by atoms with Crippen molar-refractivity contribution in [3.05, 3.63) is 29.3 Å². The van der Waals surface area contributed by atoms with Crippen molar-refractivity contribution in [3.8, 4) is 5.75 Å². The molecule has 1 aliphatic carbocycles. The maximum absolute atomic E-state index is 11.1. The summed E-state index contributed by atoms with van der Waals surface area (Å²) in [6.07, 6.45) is 2.83. The summed E-state index contributed by atoms with van der Waals surface area (Å²) < 4.78 is 5.52. The molecule has 1 amide bonds. The van der Waals surface area contributed by atoms with Gasteiger partial charge in [-0.2, -0.15) is 0 Å². The molecule has 4 nitrogen and oxygen atoms in total. The van der Waals surface area contributed by atoms with Gasteiger partial charge in [-0.15, -0.1) is 0 Å². The number of ether oxygens (including phenoxy) is 1. The molecule has 1 aromatic carbocycles. The number of hydrogen-bond donors (Lipinski definition) is 2. The number of aryl methyl sites for hydroxylation is 1. The van der Waals surface area contributed by atoms with E-state index in [4.69, 9.17) is 4.74 Å². The van der Waals surface area contributed by atoms with Crippen molar-refractivity contribution in [2.75, 3.05) is 13.7 Å². The summed E-state index contributed by atoms with van der Waals surface area (Å²) in [6.45, 7) is 0.356. The van der Waals surface area contributed by atoms with Crippen molar-refractivity contribution in [2.45, 2.75) is 31.8 Å². The molecule has 2 N–H and O–H groups in total. The van der Waals surface area contributed by atoms with Crippen LogP contribution in [0.2, 0.25) is 0 Å². The number of fused-ring (bicyclic) bond motifs is 1.